The molecule has 1 saturated heterocycles. The summed E-state index contributed by atoms with van der Waals surface area (Å²) in [6, 6.07) is 18.4. The van der Waals surface area contributed by atoms with Crippen LogP contribution in [0.2, 0.25) is 5.02 Å². The fraction of sp³-hybridized carbons (Fsp3) is 0.185. The highest BCUT2D eigenvalue weighted by molar-refractivity contribution is 14.1. The molecule has 0 aliphatic carbocycles. The lowest BCUT2D eigenvalue weighted by atomic mass is 10.1. The number of urea groups is 1. The Morgan fingerprint density at radius 2 is 1.80 bits per heavy atom. The molecule has 35 heavy (non-hydrogen) atoms. The molecule has 6 nitrogen and oxygen atoms in total. The number of hydrogen-bond acceptors (Lipinski definition) is 4. The predicted molar refractivity (Wildman–Crippen MR) is 144 cm³/mol. The molecule has 1 aliphatic heterocycles. The standard InChI is InChI=1S/C27H24ClIN2O4/c1-3-34-24-14-20(12-22(29)25(24)35-16-18-7-9-21(28)10-8-18)13-23-26(32)31(27(33)30-23)15-19-6-4-5-17(2)11-19/h4-14H,3,15-16H2,1-2H3,(H,30,33)/b23-13+. The van der Waals surface area contributed by atoms with Crippen LogP contribution in [0.4, 0.5) is 4.79 Å². The zero-order valence-corrected chi connectivity index (χ0v) is 22.2. The molecule has 3 aromatic carbocycles. The minimum atomic E-state index is -0.439. The minimum absolute atomic E-state index is 0.211. The Bertz CT molecular complexity index is 1290. The molecule has 3 aromatic rings. The van der Waals surface area contributed by atoms with Gasteiger partial charge in [-0.1, -0.05) is 53.6 Å². The quantitative estimate of drug-likeness (QED) is 0.186. The molecule has 0 bridgehead atoms. The lowest BCUT2D eigenvalue weighted by Gasteiger charge is -2.15. The Kier molecular flexibility index (Phi) is 7.97. The van der Waals surface area contributed by atoms with Crippen LogP contribution in [0, 0.1) is 10.5 Å². The zero-order chi connectivity index (χ0) is 24.9. The van der Waals surface area contributed by atoms with Gasteiger partial charge in [-0.15, -0.1) is 0 Å². The predicted octanol–water partition coefficient (Wildman–Crippen LogP) is 6.32. The summed E-state index contributed by atoms with van der Waals surface area (Å²) in [4.78, 5) is 26.7. The van der Waals surface area contributed by atoms with E-state index >= 15 is 0 Å². The summed E-state index contributed by atoms with van der Waals surface area (Å²) in [7, 11) is 0. The average molecular weight is 603 g/mol. The lowest BCUT2D eigenvalue weighted by Crippen LogP contribution is -2.30. The minimum Gasteiger partial charge on any atom is -0.490 e. The molecular weight excluding hydrogens is 579 g/mol. The van der Waals surface area contributed by atoms with Crippen molar-refractivity contribution in [3.8, 4) is 11.5 Å². The van der Waals surface area contributed by atoms with Gasteiger partial charge in [0.2, 0.25) is 0 Å². The van der Waals surface area contributed by atoms with E-state index in [9.17, 15) is 9.59 Å². The van der Waals surface area contributed by atoms with Gasteiger partial charge < -0.3 is 14.8 Å². The topological polar surface area (TPSA) is 67.9 Å². The lowest BCUT2D eigenvalue weighted by molar-refractivity contribution is -0.123. The monoisotopic (exact) mass is 602 g/mol. The molecule has 3 amide bonds. The second kappa shape index (κ2) is 11.1. The maximum Gasteiger partial charge on any atom is 0.329 e. The van der Waals surface area contributed by atoms with Crippen LogP contribution in [0.5, 0.6) is 11.5 Å². The van der Waals surface area contributed by atoms with Crippen molar-refractivity contribution in [3.05, 3.63) is 97.2 Å². The fourth-order valence-electron chi connectivity index (χ4n) is 3.69. The molecule has 1 N–H and O–H groups in total. The molecular formula is C27H24ClIN2O4. The van der Waals surface area contributed by atoms with E-state index in [0.717, 1.165) is 25.8 Å². The van der Waals surface area contributed by atoms with Crippen molar-refractivity contribution in [2.45, 2.75) is 27.0 Å². The first-order valence-electron chi connectivity index (χ1n) is 11.1. The van der Waals surface area contributed by atoms with Crippen molar-refractivity contribution in [1.29, 1.82) is 0 Å². The van der Waals surface area contributed by atoms with Gasteiger partial charge in [-0.25, -0.2) is 4.79 Å². The maximum atomic E-state index is 13.0. The molecule has 0 aromatic heterocycles. The number of ether oxygens (including phenoxy) is 2. The van der Waals surface area contributed by atoms with Crippen molar-refractivity contribution < 1.29 is 19.1 Å². The summed E-state index contributed by atoms with van der Waals surface area (Å²) in [6.07, 6.45) is 1.66. The molecule has 1 heterocycles. The van der Waals surface area contributed by atoms with Crippen LogP contribution < -0.4 is 14.8 Å². The average Bonchev–Trinajstić information content (AvgIpc) is 3.07. The zero-order valence-electron chi connectivity index (χ0n) is 19.3. The Hall–Kier alpha value is -3.04. The Labute approximate surface area is 223 Å². The van der Waals surface area contributed by atoms with Gasteiger partial charge in [-0.2, -0.15) is 0 Å². The molecule has 180 valence electrons. The number of benzene rings is 3. The van der Waals surface area contributed by atoms with E-state index in [1.807, 2.05) is 68.4 Å². The highest BCUT2D eigenvalue weighted by atomic mass is 127. The molecule has 0 unspecified atom stereocenters. The summed E-state index contributed by atoms with van der Waals surface area (Å²) in [6.45, 7) is 4.89. The summed E-state index contributed by atoms with van der Waals surface area (Å²) in [5.41, 5.74) is 3.88. The van der Waals surface area contributed by atoms with E-state index in [4.69, 9.17) is 21.1 Å². The van der Waals surface area contributed by atoms with Crippen molar-refractivity contribution >= 4 is 52.2 Å². The van der Waals surface area contributed by atoms with Crippen molar-refractivity contribution in [3.63, 3.8) is 0 Å². The molecule has 0 spiro atoms. The second-order valence-corrected chi connectivity index (χ2v) is 9.65. The Morgan fingerprint density at radius 3 is 2.51 bits per heavy atom. The number of hydrogen-bond donors (Lipinski definition) is 1. The van der Waals surface area contributed by atoms with Gasteiger partial charge in [0.25, 0.3) is 5.91 Å². The van der Waals surface area contributed by atoms with E-state index in [1.54, 1.807) is 12.1 Å². The van der Waals surface area contributed by atoms with E-state index in [-0.39, 0.29) is 18.1 Å². The van der Waals surface area contributed by atoms with E-state index in [1.165, 1.54) is 4.90 Å². The number of rotatable bonds is 8. The smallest absolute Gasteiger partial charge is 0.329 e. The van der Waals surface area contributed by atoms with Gasteiger partial charge in [0, 0.05) is 5.02 Å². The van der Waals surface area contributed by atoms with Crippen LogP contribution >= 0.6 is 34.2 Å². The van der Waals surface area contributed by atoms with Gasteiger partial charge in [-0.3, -0.25) is 9.69 Å². The van der Waals surface area contributed by atoms with E-state index in [2.05, 4.69) is 27.9 Å². The molecule has 0 radical (unpaired) electrons. The second-order valence-electron chi connectivity index (χ2n) is 8.05. The molecule has 8 heteroatoms. The van der Waals surface area contributed by atoms with Crippen LogP contribution in [-0.4, -0.2) is 23.4 Å². The van der Waals surface area contributed by atoms with Crippen LogP contribution in [-0.2, 0) is 17.9 Å². The first-order chi connectivity index (χ1) is 16.8. The van der Waals surface area contributed by atoms with Gasteiger partial charge in [0.15, 0.2) is 11.5 Å². The first kappa shape index (κ1) is 25.1. The van der Waals surface area contributed by atoms with Crippen LogP contribution in [0.1, 0.15) is 29.2 Å². The molecule has 1 aliphatic rings. The SMILES string of the molecule is CCOc1cc(/C=C2/NC(=O)N(Cc3cccc(C)c3)C2=O)cc(I)c1OCc1ccc(Cl)cc1. The summed E-state index contributed by atoms with van der Waals surface area (Å²) in [5.74, 6) is 0.813. The Morgan fingerprint density at radius 1 is 1.03 bits per heavy atom. The first-order valence-corrected chi connectivity index (χ1v) is 12.5. The normalized spacial score (nSPS) is 14.4. The van der Waals surface area contributed by atoms with Crippen molar-refractivity contribution in [2.75, 3.05) is 6.61 Å². The molecule has 4 rings (SSSR count). The summed E-state index contributed by atoms with van der Waals surface area (Å²) in [5, 5.41) is 3.36. The van der Waals surface area contributed by atoms with Gasteiger partial charge in [0.1, 0.15) is 12.3 Å². The largest absolute Gasteiger partial charge is 0.490 e. The van der Waals surface area contributed by atoms with E-state index < -0.39 is 6.03 Å². The van der Waals surface area contributed by atoms with Crippen LogP contribution in [0.15, 0.2) is 66.4 Å². The van der Waals surface area contributed by atoms with Gasteiger partial charge in [-0.05, 0) is 83.5 Å². The number of halogens is 2. The number of imide groups is 1. The number of nitrogens with zero attached hydrogens (tertiary/aromatic N) is 1. The summed E-state index contributed by atoms with van der Waals surface area (Å²) >= 11 is 8.14. The van der Waals surface area contributed by atoms with Crippen LogP contribution in [0.3, 0.4) is 0 Å². The van der Waals surface area contributed by atoms with Gasteiger partial charge >= 0.3 is 6.03 Å². The summed E-state index contributed by atoms with van der Waals surface area (Å²) < 4.78 is 12.7. The highest BCUT2D eigenvalue weighted by Crippen LogP contribution is 2.36. The van der Waals surface area contributed by atoms with Gasteiger partial charge in [0.05, 0.1) is 16.7 Å². The number of carbonyl (C=O) groups excluding carboxylic acids is 2. The number of amides is 3. The third kappa shape index (κ3) is 6.15. The Balaban J connectivity index is 1.55. The third-order valence-corrected chi connectivity index (χ3v) is 6.38. The van der Waals surface area contributed by atoms with Crippen molar-refractivity contribution in [1.82, 2.24) is 10.2 Å². The molecule has 0 saturated carbocycles. The maximum absolute atomic E-state index is 13.0. The third-order valence-electron chi connectivity index (χ3n) is 5.32. The fourth-order valence-corrected chi connectivity index (χ4v) is 4.59. The number of carbonyl (C=O) groups is 2. The number of nitrogens with one attached hydrogen (secondary N) is 1. The van der Waals surface area contributed by atoms with E-state index in [0.29, 0.717) is 29.7 Å². The van der Waals surface area contributed by atoms with Crippen molar-refractivity contribution in [2.24, 2.45) is 0 Å². The highest BCUT2D eigenvalue weighted by Gasteiger charge is 2.33. The number of aryl methyl sites for hydroxylation is 1. The van der Waals surface area contributed by atoms with Crippen LogP contribution in [0.25, 0.3) is 6.08 Å². The molecule has 1 fully saturated rings. The molecule has 0 atom stereocenters.